The van der Waals surface area contributed by atoms with Crippen molar-refractivity contribution in [2.75, 3.05) is 0 Å². The van der Waals surface area contributed by atoms with Gasteiger partial charge in [0.25, 0.3) is 0 Å². The van der Waals surface area contributed by atoms with E-state index in [0.717, 1.165) is 12.1 Å². The Morgan fingerprint density at radius 3 is 2.15 bits per heavy atom. The number of esters is 1. The van der Waals surface area contributed by atoms with Crippen LogP contribution in [0, 0.1) is 0 Å². The molecule has 0 unspecified atom stereocenters. The van der Waals surface area contributed by atoms with E-state index in [0.29, 0.717) is 11.1 Å². The Morgan fingerprint density at radius 2 is 1.58 bits per heavy atom. The van der Waals surface area contributed by atoms with Crippen LogP contribution in [0.5, 0.6) is 23.0 Å². The summed E-state index contributed by atoms with van der Waals surface area (Å²) in [6.45, 7) is 0. The largest absolute Gasteiger partial charge is 0.546 e. The maximum absolute atomic E-state index is 11.8. The fraction of sp³-hybridized carbons (Fsp3) is 0.111. The number of aromatic hydroxyl groups is 4. The first-order chi connectivity index (χ1) is 12.3. The maximum atomic E-state index is 11.8. The summed E-state index contributed by atoms with van der Waals surface area (Å²) in [5.41, 5.74) is 0.695. The van der Waals surface area contributed by atoms with Gasteiger partial charge in [-0.25, -0.2) is 4.79 Å². The Labute approximate surface area is 147 Å². The lowest BCUT2D eigenvalue weighted by atomic mass is 10.1. The summed E-state index contributed by atoms with van der Waals surface area (Å²) in [6, 6.07) is 7.54. The third kappa shape index (κ3) is 4.91. The first kappa shape index (κ1) is 18.7. The molecule has 0 aliphatic rings. The number of aliphatic carboxylic acids is 1. The van der Waals surface area contributed by atoms with E-state index in [9.17, 15) is 35.1 Å². The van der Waals surface area contributed by atoms with Crippen LogP contribution < -0.4 is 5.11 Å². The summed E-state index contributed by atoms with van der Waals surface area (Å²) in [7, 11) is 0. The van der Waals surface area contributed by atoms with Gasteiger partial charge in [0.15, 0.2) is 23.0 Å². The van der Waals surface area contributed by atoms with Crippen LogP contribution in [0.15, 0.2) is 42.5 Å². The Bertz CT molecular complexity index is 856. The molecule has 0 aliphatic heterocycles. The molecule has 0 saturated carbocycles. The number of ether oxygens (including phenoxy) is 1. The predicted molar refractivity (Wildman–Crippen MR) is 87.2 cm³/mol. The van der Waals surface area contributed by atoms with E-state index in [1.165, 1.54) is 36.4 Å². The van der Waals surface area contributed by atoms with E-state index in [4.69, 9.17) is 4.74 Å². The molecule has 0 fully saturated rings. The molecule has 0 bridgehead atoms. The van der Waals surface area contributed by atoms with Crippen molar-refractivity contribution in [3.05, 3.63) is 53.6 Å². The predicted octanol–water partition coefficient (Wildman–Crippen LogP) is 0.427. The lowest BCUT2D eigenvalue weighted by Crippen LogP contribution is -2.40. The van der Waals surface area contributed by atoms with Crippen LogP contribution in [-0.2, 0) is 20.7 Å². The third-order valence-corrected chi connectivity index (χ3v) is 3.39. The van der Waals surface area contributed by atoms with Gasteiger partial charge in [-0.2, -0.15) is 0 Å². The first-order valence-electron chi connectivity index (χ1n) is 7.38. The molecule has 136 valence electrons. The molecule has 0 saturated heterocycles. The van der Waals surface area contributed by atoms with Gasteiger partial charge in [-0.05, 0) is 41.5 Å². The molecule has 8 heteroatoms. The highest BCUT2D eigenvalue weighted by Crippen LogP contribution is 2.26. The van der Waals surface area contributed by atoms with E-state index >= 15 is 0 Å². The van der Waals surface area contributed by atoms with Crippen LogP contribution in [0.1, 0.15) is 11.1 Å². The summed E-state index contributed by atoms with van der Waals surface area (Å²) >= 11 is 0. The fourth-order valence-electron chi connectivity index (χ4n) is 2.07. The van der Waals surface area contributed by atoms with Crippen LogP contribution in [0.4, 0.5) is 0 Å². The van der Waals surface area contributed by atoms with Crippen LogP contribution in [0.3, 0.4) is 0 Å². The minimum Gasteiger partial charge on any atom is -0.546 e. The third-order valence-electron chi connectivity index (χ3n) is 3.39. The van der Waals surface area contributed by atoms with E-state index in [1.54, 1.807) is 0 Å². The molecule has 1 atom stereocenters. The number of hydrogen-bond donors (Lipinski definition) is 4. The average molecular weight is 359 g/mol. The minimum atomic E-state index is -1.62. The van der Waals surface area contributed by atoms with Gasteiger partial charge in [-0.3, -0.25) is 0 Å². The molecule has 26 heavy (non-hydrogen) atoms. The molecule has 0 spiro atoms. The summed E-state index contributed by atoms with van der Waals surface area (Å²) in [5, 5.41) is 48.4. The molecule has 0 radical (unpaired) electrons. The lowest BCUT2D eigenvalue weighted by Gasteiger charge is -2.18. The molecule has 8 nitrogen and oxygen atoms in total. The lowest BCUT2D eigenvalue weighted by molar-refractivity contribution is -0.315. The number of carboxylic acid groups (broad SMARTS) is 1. The quantitative estimate of drug-likeness (QED) is 0.330. The summed E-state index contributed by atoms with van der Waals surface area (Å²) < 4.78 is 4.82. The van der Waals surface area contributed by atoms with Crippen molar-refractivity contribution in [2.24, 2.45) is 0 Å². The van der Waals surface area contributed by atoms with Gasteiger partial charge in [-0.15, -0.1) is 0 Å². The number of carbonyl (C=O) groups excluding carboxylic acids is 2. The van der Waals surface area contributed by atoms with E-state index in [1.807, 2.05) is 0 Å². The molecule has 0 aliphatic carbocycles. The molecule has 4 N–H and O–H groups in total. The number of phenols is 4. The van der Waals surface area contributed by atoms with E-state index in [2.05, 4.69) is 0 Å². The van der Waals surface area contributed by atoms with Gasteiger partial charge in [-0.1, -0.05) is 12.1 Å². The zero-order chi connectivity index (χ0) is 19.3. The second-order valence-electron chi connectivity index (χ2n) is 5.35. The fourth-order valence-corrected chi connectivity index (χ4v) is 2.07. The van der Waals surface area contributed by atoms with Crippen LogP contribution in [0.2, 0.25) is 0 Å². The Morgan fingerprint density at radius 1 is 0.962 bits per heavy atom. The molecule has 2 rings (SSSR count). The number of phenolic OH excluding ortho intramolecular Hbond substituents is 4. The molecular formula is C18H15O8-. The summed E-state index contributed by atoms with van der Waals surface area (Å²) in [6.07, 6.45) is 0.343. The van der Waals surface area contributed by atoms with Gasteiger partial charge in [0.2, 0.25) is 0 Å². The minimum absolute atomic E-state index is 0.268. The molecule has 0 aromatic heterocycles. The van der Waals surface area contributed by atoms with Gasteiger partial charge >= 0.3 is 5.97 Å². The second-order valence-corrected chi connectivity index (χ2v) is 5.35. The standard InChI is InChI=1S/C18H16O8/c19-12-4-1-10(7-14(12)21)3-6-17(23)26-16(18(24)25)9-11-2-5-13(20)15(22)8-11/h1-8,16,19-22H,9H2,(H,24,25)/p-1/b6-3+/t16-/m1/s1. The first-order valence-corrected chi connectivity index (χ1v) is 7.38. The number of rotatable bonds is 6. The Kier molecular flexibility index (Phi) is 5.69. The van der Waals surface area contributed by atoms with E-state index < -0.39 is 23.8 Å². The smallest absolute Gasteiger partial charge is 0.331 e. The van der Waals surface area contributed by atoms with Crippen molar-refractivity contribution < 1.29 is 39.9 Å². The van der Waals surface area contributed by atoms with Crippen LogP contribution >= 0.6 is 0 Å². The van der Waals surface area contributed by atoms with Gasteiger partial charge in [0, 0.05) is 12.5 Å². The normalized spacial score (nSPS) is 12.0. The zero-order valence-corrected chi connectivity index (χ0v) is 13.3. The van der Waals surface area contributed by atoms with Gasteiger partial charge < -0.3 is 35.1 Å². The van der Waals surface area contributed by atoms with Crippen LogP contribution in [-0.4, -0.2) is 38.5 Å². The van der Waals surface area contributed by atoms with Crippen molar-refractivity contribution >= 4 is 18.0 Å². The molecular weight excluding hydrogens is 344 g/mol. The SMILES string of the molecule is O=C(/C=C/c1ccc(O)c(O)c1)O[C@H](Cc1ccc(O)c(O)c1)C(=O)[O-]. The van der Waals surface area contributed by atoms with Gasteiger partial charge in [0.1, 0.15) is 6.10 Å². The van der Waals surface area contributed by atoms with Crippen molar-refractivity contribution in [3.8, 4) is 23.0 Å². The highest BCUT2D eigenvalue weighted by atomic mass is 16.6. The zero-order valence-electron chi connectivity index (χ0n) is 13.3. The van der Waals surface area contributed by atoms with Crippen LogP contribution in [0.25, 0.3) is 6.08 Å². The molecule has 2 aromatic rings. The van der Waals surface area contributed by atoms with Crippen molar-refractivity contribution in [1.29, 1.82) is 0 Å². The summed E-state index contributed by atoms with van der Waals surface area (Å²) in [5.74, 6) is -4.08. The monoisotopic (exact) mass is 359 g/mol. The van der Waals surface area contributed by atoms with Crippen molar-refractivity contribution in [2.45, 2.75) is 12.5 Å². The molecule has 0 heterocycles. The van der Waals surface area contributed by atoms with Crippen molar-refractivity contribution in [3.63, 3.8) is 0 Å². The van der Waals surface area contributed by atoms with E-state index in [-0.39, 0.29) is 23.7 Å². The molecule has 0 amide bonds. The number of benzene rings is 2. The second kappa shape index (κ2) is 7.93. The Balaban J connectivity index is 2.05. The van der Waals surface area contributed by atoms with Crippen molar-refractivity contribution in [1.82, 2.24) is 0 Å². The highest BCUT2D eigenvalue weighted by molar-refractivity contribution is 5.89. The number of carboxylic acids is 1. The number of carbonyl (C=O) groups is 2. The topological polar surface area (TPSA) is 147 Å². The maximum Gasteiger partial charge on any atom is 0.331 e. The average Bonchev–Trinajstić information content (AvgIpc) is 2.58. The molecule has 2 aromatic carbocycles. The Hall–Kier alpha value is -3.68. The number of hydrogen-bond acceptors (Lipinski definition) is 8. The van der Waals surface area contributed by atoms with Gasteiger partial charge in [0.05, 0.1) is 5.97 Å². The highest BCUT2D eigenvalue weighted by Gasteiger charge is 2.16. The summed E-state index contributed by atoms with van der Waals surface area (Å²) in [4.78, 5) is 23.0.